The van der Waals surface area contributed by atoms with Gasteiger partial charge in [-0.15, -0.1) is 0 Å². The van der Waals surface area contributed by atoms with Crippen LogP contribution in [0, 0.1) is 11.6 Å². The maximum Gasteiger partial charge on any atom is 0.257 e. The minimum Gasteiger partial charge on any atom is -0.332 e. The van der Waals surface area contributed by atoms with Crippen LogP contribution in [-0.4, -0.2) is 46.8 Å². The van der Waals surface area contributed by atoms with E-state index in [1.165, 1.54) is 36.4 Å². The third-order valence-electron chi connectivity index (χ3n) is 4.72. The van der Waals surface area contributed by atoms with Gasteiger partial charge in [0.25, 0.3) is 11.8 Å². The molecule has 0 saturated carbocycles. The van der Waals surface area contributed by atoms with Gasteiger partial charge in [0.05, 0.1) is 11.1 Å². The molecule has 2 aromatic carbocycles. The van der Waals surface area contributed by atoms with E-state index in [1.807, 2.05) is 0 Å². The van der Waals surface area contributed by atoms with Crippen LogP contribution in [0.25, 0.3) is 0 Å². The molecule has 0 radical (unpaired) electrons. The van der Waals surface area contributed by atoms with Crippen LogP contribution < -0.4 is 0 Å². The van der Waals surface area contributed by atoms with Gasteiger partial charge in [-0.3, -0.25) is 9.59 Å². The summed E-state index contributed by atoms with van der Waals surface area (Å²) in [6, 6.07) is 11.1. The summed E-state index contributed by atoms with van der Waals surface area (Å²) in [4.78, 5) is 28.5. The number of carbonyl (C=O) groups is 2. The normalized spacial score (nSPS) is 20.2. The van der Waals surface area contributed by atoms with Crippen LogP contribution in [0.2, 0.25) is 0 Å². The Morgan fingerprint density at radius 3 is 1.46 bits per heavy atom. The molecule has 1 aliphatic heterocycles. The van der Waals surface area contributed by atoms with Crippen LogP contribution in [0.3, 0.4) is 0 Å². The van der Waals surface area contributed by atoms with Crippen molar-refractivity contribution in [3.8, 4) is 0 Å². The first kappa shape index (κ1) is 18.0. The summed E-state index contributed by atoms with van der Waals surface area (Å²) in [6.45, 7) is 4.11. The van der Waals surface area contributed by atoms with Gasteiger partial charge in [0, 0.05) is 25.2 Å². The number of benzene rings is 2. The molecule has 0 aliphatic carbocycles. The summed E-state index contributed by atoms with van der Waals surface area (Å²) >= 11 is 0. The Labute approximate surface area is 151 Å². The predicted molar refractivity (Wildman–Crippen MR) is 93.8 cm³/mol. The third-order valence-corrected chi connectivity index (χ3v) is 4.72. The Morgan fingerprint density at radius 2 is 1.12 bits per heavy atom. The minimum absolute atomic E-state index is 0.0143. The van der Waals surface area contributed by atoms with Crippen molar-refractivity contribution >= 4 is 11.8 Å². The first-order chi connectivity index (χ1) is 12.4. The number of piperazine rings is 1. The smallest absolute Gasteiger partial charge is 0.257 e. The fourth-order valence-electron chi connectivity index (χ4n) is 3.27. The molecule has 0 N–H and O–H groups in total. The van der Waals surface area contributed by atoms with Crippen molar-refractivity contribution in [2.75, 3.05) is 13.1 Å². The van der Waals surface area contributed by atoms with E-state index in [1.54, 1.807) is 35.8 Å². The van der Waals surface area contributed by atoms with Gasteiger partial charge < -0.3 is 9.80 Å². The molecule has 2 aromatic rings. The van der Waals surface area contributed by atoms with E-state index in [9.17, 15) is 18.4 Å². The van der Waals surface area contributed by atoms with Gasteiger partial charge in [-0.25, -0.2) is 8.78 Å². The lowest BCUT2D eigenvalue weighted by atomic mass is 10.0. The molecule has 3 rings (SSSR count). The molecule has 1 saturated heterocycles. The van der Waals surface area contributed by atoms with Gasteiger partial charge in [0.1, 0.15) is 11.6 Å². The standard InChI is InChI=1S/C20H20F2N2O2/c1-13-11-24(20(26)16-8-4-6-10-18(16)22)14(2)12-23(13)19(25)15-7-3-5-9-17(15)21/h3-10,13-14H,11-12H2,1-2H3/t13-,14-/m0/s1. The zero-order valence-electron chi connectivity index (χ0n) is 14.7. The molecule has 1 heterocycles. The number of rotatable bonds is 2. The van der Waals surface area contributed by atoms with Crippen molar-refractivity contribution in [2.24, 2.45) is 0 Å². The number of carbonyl (C=O) groups excluding carboxylic acids is 2. The summed E-state index contributed by atoms with van der Waals surface area (Å²) in [5.41, 5.74) is 0.0286. The molecule has 26 heavy (non-hydrogen) atoms. The highest BCUT2D eigenvalue weighted by Crippen LogP contribution is 2.22. The second-order valence-corrected chi connectivity index (χ2v) is 6.57. The summed E-state index contributed by atoms with van der Waals surface area (Å²) in [5, 5.41) is 0. The zero-order chi connectivity index (χ0) is 18.8. The molecule has 2 amide bonds. The second-order valence-electron chi connectivity index (χ2n) is 6.57. The van der Waals surface area contributed by atoms with Gasteiger partial charge in [-0.2, -0.15) is 0 Å². The first-order valence-electron chi connectivity index (χ1n) is 8.51. The van der Waals surface area contributed by atoms with E-state index < -0.39 is 23.4 Å². The van der Waals surface area contributed by atoms with Crippen LogP contribution in [-0.2, 0) is 0 Å². The molecule has 6 heteroatoms. The molecule has 1 fully saturated rings. The highest BCUT2D eigenvalue weighted by molar-refractivity contribution is 5.96. The number of hydrogen-bond acceptors (Lipinski definition) is 2. The van der Waals surface area contributed by atoms with Gasteiger partial charge in [0.15, 0.2) is 0 Å². The van der Waals surface area contributed by atoms with Crippen LogP contribution >= 0.6 is 0 Å². The lowest BCUT2D eigenvalue weighted by molar-refractivity contribution is 0.0265. The first-order valence-corrected chi connectivity index (χ1v) is 8.51. The Morgan fingerprint density at radius 1 is 0.769 bits per heavy atom. The largest absolute Gasteiger partial charge is 0.332 e. The Balaban J connectivity index is 1.79. The van der Waals surface area contributed by atoms with E-state index in [2.05, 4.69) is 0 Å². The quantitative estimate of drug-likeness (QED) is 0.826. The van der Waals surface area contributed by atoms with Crippen LogP contribution in [0.15, 0.2) is 48.5 Å². The van der Waals surface area contributed by atoms with Crippen LogP contribution in [0.5, 0.6) is 0 Å². The number of nitrogens with zero attached hydrogens (tertiary/aromatic N) is 2. The second kappa shape index (κ2) is 7.23. The molecule has 0 spiro atoms. The predicted octanol–water partition coefficient (Wildman–Crippen LogP) is 3.34. The fourth-order valence-corrected chi connectivity index (χ4v) is 3.27. The van der Waals surface area contributed by atoms with E-state index in [-0.39, 0.29) is 36.3 Å². The summed E-state index contributed by atoms with van der Waals surface area (Å²) < 4.78 is 27.9. The van der Waals surface area contributed by atoms with Crippen molar-refractivity contribution in [1.29, 1.82) is 0 Å². The maximum absolute atomic E-state index is 13.9. The average molecular weight is 358 g/mol. The van der Waals surface area contributed by atoms with E-state index in [0.29, 0.717) is 0 Å². The van der Waals surface area contributed by atoms with Crippen molar-refractivity contribution in [2.45, 2.75) is 25.9 Å². The lowest BCUT2D eigenvalue weighted by Crippen LogP contribution is -2.59. The van der Waals surface area contributed by atoms with E-state index in [4.69, 9.17) is 0 Å². The van der Waals surface area contributed by atoms with Crippen molar-refractivity contribution in [1.82, 2.24) is 9.80 Å². The number of amides is 2. The summed E-state index contributed by atoms with van der Waals surface area (Å²) in [6.07, 6.45) is 0. The highest BCUT2D eigenvalue weighted by Gasteiger charge is 2.36. The SMILES string of the molecule is C[C@H]1CN(C(=O)c2ccccc2F)[C@@H](C)CN1C(=O)c1ccccc1F. The molecule has 0 aromatic heterocycles. The molecule has 0 bridgehead atoms. The zero-order valence-corrected chi connectivity index (χ0v) is 14.7. The summed E-state index contributed by atoms with van der Waals surface area (Å²) in [7, 11) is 0. The van der Waals surface area contributed by atoms with Gasteiger partial charge >= 0.3 is 0 Å². The topological polar surface area (TPSA) is 40.6 Å². The van der Waals surface area contributed by atoms with Crippen molar-refractivity contribution in [3.63, 3.8) is 0 Å². The van der Waals surface area contributed by atoms with Crippen LogP contribution in [0.4, 0.5) is 8.78 Å². The molecule has 2 atom stereocenters. The molecule has 4 nitrogen and oxygen atoms in total. The Kier molecular flexibility index (Phi) is 5.02. The Hall–Kier alpha value is -2.76. The Bertz CT molecular complexity index is 771. The fraction of sp³-hybridized carbons (Fsp3) is 0.300. The van der Waals surface area contributed by atoms with E-state index in [0.717, 1.165) is 0 Å². The lowest BCUT2D eigenvalue weighted by Gasteiger charge is -2.44. The maximum atomic E-state index is 13.9. The monoisotopic (exact) mass is 358 g/mol. The summed E-state index contributed by atoms with van der Waals surface area (Å²) in [5.74, 6) is -1.94. The number of halogens is 2. The average Bonchev–Trinajstić information content (AvgIpc) is 2.63. The van der Waals surface area contributed by atoms with Gasteiger partial charge in [0.2, 0.25) is 0 Å². The molecule has 1 aliphatic rings. The highest BCUT2D eigenvalue weighted by atomic mass is 19.1. The molecular weight excluding hydrogens is 338 g/mol. The molecular formula is C20H20F2N2O2. The number of hydrogen-bond donors (Lipinski definition) is 0. The molecule has 0 unspecified atom stereocenters. The van der Waals surface area contributed by atoms with Crippen molar-refractivity contribution < 1.29 is 18.4 Å². The van der Waals surface area contributed by atoms with E-state index >= 15 is 0 Å². The van der Waals surface area contributed by atoms with Crippen LogP contribution in [0.1, 0.15) is 34.6 Å². The van der Waals surface area contributed by atoms with Gasteiger partial charge in [-0.1, -0.05) is 24.3 Å². The molecule has 136 valence electrons. The third kappa shape index (κ3) is 3.31. The van der Waals surface area contributed by atoms with Crippen molar-refractivity contribution in [3.05, 3.63) is 71.3 Å². The minimum atomic E-state index is -0.567. The van der Waals surface area contributed by atoms with Gasteiger partial charge in [-0.05, 0) is 38.1 Å².